The molecule has 1 unspecified atom stereocenters. The average molecular weight is 298 g/mol. The Morgan fingerprint density at radius 3 is 2.76 bits per heavy atom. The summed E-state index contributed by atoms with van der Waals surface area (Å²) in [6, 6.07) is 12.6. The van der Waals surface area contributed by atoms with Crippen LogP contribution in [-0.2, 0) is 6.54 Å². The Kier molecular flexibility index (Phi) is 3.90. The number of thiophene rings is 1. The maximum absolute atomic E-state index is 9.43. The summed E-state index contributed by atoms with van der Waals surface area (Å²) in [7, 11) is 0. The van der Waals surface area contributed by atoms with Crippen LogP contribution in [0.1, 0.15) is 12.5 Å². The maximum atomic E-state index is 9.43. The van der Waals surface area contributed by atoms with Crippen LogP contribution in [0.3, 0.4) is 0 Å². The van der Waals surface area contributed by atoms with Crippen LogP contribution in [0.2, 0.25) is 0 Å². The summed E-state index contributed by atoms with van der Waals surface area (Å²) >= 11 is 1.76. The van der Waals surface area contributed by atoms with Crippen LogP contribution in [0.5, 0.6) is 0 Å². The number of nitrogens with zero attached hydrogens (tertiary/aromatic N) is 2. The highest BCUT2D eigenvalue weighted by Gasteiger charge is 2.08. The van der Waals surface area contributed by atoms with Gasteiger partial charge in [0.2, 0.25) is 0 Å². The molecular formula is C17H18N2OS. The molecule has 1 N–H and O–H groups in total. The van der Waals surface area contributed by atoms with E-state index in [-0.39, 0.29) is 0 Å². The Balaban J connectivity index is 1.93. The molecule has 108 valence electrons. The van der Waals surface area contributed by atoms with E-state index in [2.05, 4.69) is 47.7 Å². The Hall–Kier alpha value is -1.91. The van der Waals surface area contributed by atoms with Gasteiger partial charge in [0, 0.05) is 16.6 Å². The van der Waals surface area contributed by atoms with Crippen molar-refractivity contribution in [2.45, 2.75) is 26.5 Å². The van der Waals surface area contributed by atoms with Crippen LogP contribution >= 0.6 is 11.3 Å². The molecule has 21 heavy (non-hydrogen) atoms. The van der Waals surface area contributed by atoms with Crippen molar-refractivity contribution in [2.75, 3.05) is 0 Å². The van der Waals surface area contributed by atoms with Crippen molar-refractivity contribution in [3.05, 3.63) is 53.5 Å². The van der Waals surface area contributed by atoms with Gasteiger partial charge in [-0.05, 0) is 48.6 Å². The number of aryl methyl sites for hydroxylation is 1. The van der Waals surface area contributed by atoms with Crippen LogP contribution in [0.15, 0.2) is 48.0 Å². The van der Waals surface area contributed by atoms with E-state index >= 15 is 0 Å². The van der Waals surface area contributed by atoms with E-state index in [1.807, 2.05) is 12.3 Å². The molecule has 0 bridgehead atoms. The van der Waals surface area contributed by atoms with Gasteiger partial charge in [0.15, 0.2) is 0 Å². The minimum Gasteiger partial charge on any atom is -0.391 e. The molecule has 2 heterocycles. The molecular weight excluding hydrogens is 280 g/mol. The fourth-order valence-electron chi connectivity index (χ4n) is 2.38. The molecule has 1 aromatic carbocycles. The molecule has 0 saturated carbocycles. The first-order valence-corrected chi connectivity index (χ1v) is 7.88. The lowest BCUT2D eigenvalue weighted by molar-refractivity contribution is 0.168. The topological polar surface area (TPSA) is 38.0 Å². The van der Waals surface area contributed by atoms with E-state index in [0.717, 1.165) is 11.3 Å². The van der Waals surface area contributed by atoms with Crippen LogP contribution in [-0.4, -0.2) is 21.0 Å². The lowest BCUT2D eigenvalue weighted by Gasteiger charge is -2.05. The standard InChI is InChI=1S/C17H18N2OS/c1-12-7-9-21-17(12)15-5-3-4-14(10-15)16-6-8-19(18-16)11-13(2)20/h3-10,13,20H,11H2,1-2H3. The van der Waals surface area contributed by atoms with Crippen molar-refractivity contribution in [3.63, 3.8) is 0 Å². The van der Waals surface area contributed by atoms with Crippen molar-refractivity contribution in [3.8, 4) is 21.7 Å². The first-order valence-electron chi connectivity index (χ1n) is 7.00. The summed E-state index contributed by atoms with van der Waals surface area (Å²) in [5, 5.41) is 16.1. The zero-order chi connectivity index (χ0) is 14.8. The second-order valence-corrected chi connectivity index (χ2v) is 6.20. The lowest BCUT2D eigenvalue weighted by atomic mass is 10.1. The van der Waals surface area contributed by atoms with E-state index in [4.69, 9.17) is 0 Å². The van der Waals surface area contributed by atoms with Gasteiger partial charge in [0.25, 0.3) is 0 Å². The minimum atomic E-state index is -0.391. The molecule has 0 spiro atoms. The molecule has 0 aliphatic heterocycles. The molecule has 3 aromatic rings. The highest BCUT2D eigenvalue weighted by atomic mass is 32.1. The first-order chi connectivity index (χ1) is 10.1. The zero-order valence-corrected chi connectivity index (χ0v) is 13.0. The van der Waals surface area contributed by atoms with Gasteiger partial charge in [-0.3, -0.25) is 4.68 Å². The van der Waals surface area contributed by atoms with E-state index < -0.39 is 6.10 Å². The van der Waals surface area contributed by atoms with Crippen LogP contribution in [0, 0.1) is 6.92 Å². The molecule has 0 amide bonds. The van der Waals surface area contributed by atoms with Gasteiger partial charge in [-0.25, -0.2) is 0 Å². The molecule has 0 aliphatic rings. The average Bonchev–Trinajstić information content (AvgIpc) is 3.07. The van der Waals surface area contributed by atoms with E-state index in [1.54, 1.807) is 22.9 Å². The predicted octanol–water partition coefficient (Wildman–Crippen LogP) is 3.97. The summed E-state index contributed by atoms with van der Waals surface area (Å²) in [6.07, 6.45) is 1.52. The van der Waals surface area contributed by atoms with Gasteiger partial charge >= 0.3 is 0 Å². The third kappa shape index (κ3) is 3.06. The number of hydrogen-bond acceptors (Lipinski definition) is 3. The zero-order valence-electron chi connectivity index (χ0n) is 12.2. The third-order valence-electron chi connectivity index (χ3n) is 3.37. The molecule has 0 aliphatic carbocycles. The largest absolute Gasteiger partial charge is 0.391 e. The smallest absolute Gasteiger partial charge is 0.0923 e. The molecule has 4 heteroatoms. The number of aromatic nitrogens is 2. The molecule has 3 nitrogen and oxygen atoms in total. The fourth-order valence-corrected chi connectivity index (χ4v) is 3.30. The summed E-state index contributed by atoms with van der Waals surface area (Å²) in [5.74, 6) is 0. The molecule has 0 radical (unpaired) electrons. The monoisotopic (exact) mass is 298 g/mol. The predicted molar refractivity (Wildman–Crippen MR) is 87.4 cm³/mol. The van der Waals surface area contributed by atoms with Crippen molar-refractivity contribution >= 4 is 11.3 Å². The van der Waals surface area contributed by atoms with Crippen LogP contribution in [0.25, 0.3) is 21.7 Å². The van der Waals surface area contributed by atoms with E-state index in [9.17, 15) is 5.11 Å². The van der Waals surface area contributed by atoms with Crippen molar-refractivity contribution in [1.82, 2.24) is 9.78 Å². The Morgan fingerprint density at radius 2 is 2.05 bits per heavy atom. The summed E-state index contributed by atoms with van der Waals surface area (Å²) < 4.78 is 1.78. The van der Waals surface area contributed by atoms with Crippen molar-refractivity contribution in [2.24, 2.45) is 0 Å². The summed E-state index contributed by atoms with van der Waals surface area (Å²) in [6.45, 7) is 4.42. The van der Waals surface area contributed by atoms with Crippen LogP contribution in [0.4, 0.5) is 0 Å². The molecule has 0 saturated heterocycles. The number of benzene rings is 1. The molecule has 3 rings (SSSR count). The van der Waals surface area contributed by atoms with Gasteiger partial charge in [-0.15, -0.1) is 11.3 Å². The van der Waals surface area contributed by atoms with Gasteiger partial charge in [0.05, 0.1) is 18.3 Å². The highest BCUT2D eigenvalue weighted by molar-refractivity contribution is 7.13. The van der Waals surface area contributed by atoms with Gasteiger partial charge < -0.3 is 5.11 Å². The summed E-state index contributed by atoms with van der Waals surface area (Å²) in [4.78, 5) is 1.31. The Labute approximate surface area is 128 Å². The number of aliphatic hydroxyl groups excluding tert-OH is 1. The quantitative estimate of drug-likeness (QED) is 0.791. The number of hydrogen-bond donors (Lipinski definition) is 1. The Morgan fingerprint density at radius 1 is 1.24 bits per heavy atom. The SMILES string of the molecule is Cc1ccsc1-c1cccc(-c2ccn(CC(C)O)n2)c1. The minimum absolute atomic E-state index is 0.391. The molecule has 1 atom stereocenters. The summed E-state index contributed by atoms with van der Waals surface area (Å²) in [5.41, 5.74) is 4.57. The second kappa shape index (κ2) is 5.84. The highest BCUT2D eigenvalue weighted by Crippen LogP contribution is 2.31. The normalized spacial score (nSPS) is 12.5. The van der Waals surface area contributed by atoms with Gasteiger partial charge in [-0.2, -0.15) is 5.10 Å². The van der Waals surface area contributed by atoms with Crippen LogP contribution < -0.4 is 0 Å². The first kappa shape index (κ1) is 14.0. The molecule has 2 aromatic heterocycles. The maximum Gasteiger partial charge on any atom is 0.0923 e. The van der Waals surface area contributed by atoms with E-state index in [0.29, 0.717) is 6.54 Å². The van der Waals surface area contributed by atoms with Gasteiger partial charge in [-0.1, -0.05) is 18.2 Å². The number of rotatable bonds is 4. The molecule has 0 fully saturated rings. The second-order valence-electron chi connectivity index (χ2n) is 5.29. The van der Waals surface area contributed by atoms with Gasteiger partial charge in [0.1, 0.15) is 0 Å². The number of aliphatic hydroxyl groups is 1. The van der Waals surface area contributed by atoms with Crippen molar-refractivity contribution < 1.29 is 5.11 Å². The van der Waals surface area contributed by atoms with Crippen molar-refractivity contribution in [1.29, 1.82) is 0 Å². The Bertz CT molecular complexity index is 743. The third-order valence-corrected chi connectivity index (χ3v) is 4.44. The fraction of sp³-hybridized carbons (Fsp3) is 0.235. The van der Waals surface area contributed by atoms with E-state index in [1.165, 1.54) is 16.0 Å². The lowest BCUT2D eigenvalue weighted by Crippen LogP contribution is -2.11.